The number of nitrogens with zero attached hydrogens (tertiary/aromatic N) is 2. The lowest BCUT2D eigenvalue weighted by atomic mass is 9.97. The summed E-state index contributed by atoms with van der Waals surface area (Å²) in [6.07, 6.45) is 3.42. The standard InChI is InChI=1S/C20H17N3O2/c1-11-15(12-2-4-13(21)5-3-12)8-9-16-18(11)23(14-6-7-14)20(24)17-19(16)25-10-22-17/h2-5,8-10,14H,6-7,21H2,1H3. The van der Waals surface area contributed by atoms with E-state index in [2.05, 4.69) is 18.0 Å². The second kappa shape index (κ2) is 4.96. The van der Waals surface area contributed by atoms with Crippen LogP contribution < -0.4 is 11.3 Å². The molecule has 0 radical (unpaired) electrons. The van der Waals surface area contributed by atoms with E-state index >= 15 is 0 Å². The first-order chi connectivity index (χ1) is 12.1. The Morgan fingerprint density at radius 2 is 1.92 bits per heavy atom. The van der Waals surface area contributed by atoms with Crippen molar-refractivity contribution in [2.45, 2.75) is 25.8 Å². The number of nitrogen functional groups attached to an aromatic ring is 1. The van der Waals surface area contributed by atoms with Gasteiger partial charge < -0.3 is 14.7 Å². The molecule has 5 heteroatoms. The molecule has 2 heterocycles. The highest BCUT2D eigenvalue weighted by Crippen LogP contribution is 2.40. The van der Waals surface area contributed by atoms with Gasteiger partial charge in [0.05, 0.1) is 5.52 Å². The van der Waals surface area contributed by atoms with E-state index in [-0.39, 0.29) is 11.6 Å². The Labute approximate surface area is 143 Å². The van der Waals surface area contributed by atoms with Gasteiger partial charge >= 0.3 is 0 Å². The van der Waals surface area contributed by atoms with Crippen LogP contribution in [0.4, 0.5) is 5.69 Å². The van der Waals surface area contributed by atoms with E-state index in [0.717, 1.165) is 46.1 Å². The van der Waals surface area contributed by atoms with Gasteiger partial charge in [-0.2, -0.15) is 0 Å². The van der Waals surface area contributed by atoms with Crippen molar-refractivity contribution < 1.29 is 4.42 Å². The number of nitrogens with two attached hydrogens (primary N) is 1. The zero-order valence-electron chi connectivity index (χ0n) is 13.8. The maximum Gasteiger partial charge on any atom is 0.281 e. The van der Waals surface area contributed by atoms with Gasteiger partial charge in [0.2, 0.25) is 0 Å². The summed E-state index contributed by atoms with van der Waals surface area (Å²) in [5.74, 6) is 0. The molecule has 124 valence electrons. The highest BCUT2D eigenvalue weighted by molar-refractivity contribution is 6.04. The first-order valence-electron chi connectivity index (χ1n) is 8.42. The highest BCUT2D eigenvalue weighted by Gasteiger charge is 2.29. The summed E-state index contributed by atoms with van der Waals surface area (Å²) >= 11 is 0. The van der Waals surface area contributed by atoms with Gasteiger partial charge in [-0.15, -0.1) is 0 Å². The van der Waals surface area contributed by atoms with Crippen molar-refractivity contribution in [3.63, 3.8) is 0 Å². The van der Waals surface area contributed by atoms with Crippen molar-refractivity contribution >= 4 is 27.7 Å². The molecular formula is C20H17N3O2. The van der Waals surface area contributed by atoms with Crippen molar-refractivity contribution in [1.82, 2.24) is 9.55 Å². The largest absolute Gasteiger partial charge is 0.443 e. The number of fused-ring (bicyclic) bond motifs is 3. The Bertz CT molecular complexity index is 1180. The summed E-state index contributed by atoms with van der Waals surface area (Å²) in [4.78, 5) is 17.1. The number of benzene rings is 2. The minimum atomic E-state index is -0.0590. The summed E-state index contributed by atoms with van der Waals surface area (Å²) < 4.78 is 7.46. The molecule has 1 fully saturated rings. The molecule has 1 aliphatic carbocycles. The maximum absolute atomic E-state index is 13.0. The molecule has 1 aliphatic rings. The molecule has 0 saturated heterocycles. The van der Waals surface area contributed by atoms with E-state index in [1.807, 2.05) is 34.9 Å². The molecule has 5 rings (SSSR count). The van der Waals surface area contributed by atoms with Crippen LogP contribution in [0, 0.1) is 6.92 Å². The van der Waals surface area contributed by atoms with E-state index < -0.39 is 0 Å². The van der Waals surface area contributed by atoms with Gasteiger partial charge in [-0.3, -0.25) is 4.79 Å². The highest BCUT2D eigenvalue weighted by atomic mass is 16.3. The Hall–Kier alpha value is -3.08. The summed E-state index contributed by atoms with van der Waals surface area (Å²) in [5, 5.41) is 0.940. The van der Waals surface area contributed by atoms with Crippen LogP contribution in [0.25, 0.3) is 33.1 Å². The number of oxazole rings is 1. The molecule has 2 aromatic carbocycles. The van der Waals surface area contributed by atoms with Gasteiger partial charge in [0.25, 0.3) is 5.56 Å². The second-order valence-corrected chi connectivity index (χ2v) is 6.69. The van der Waals surface area contributed by atoms with Crippen molar-refractivity contribution in [3.05, 3.63) is 58.7 Å². The van der Waals surface area contributed by atoms with Gasteiger partial charge in [0.1, 0.15) is 0 Å². The molecule has 0 spiro atoms. The summed E-state index contributed by atoms with van der Waals surface area (Å²) in [5.41, 5.74) is 11.7. The fourth-order valence-electron chi connectivity index (χ4n) is 3.66. The van der Waals surface area contributed by atoms with E-state index in [1.54, 1.807) is 0 Å². The molecule has 2 aromatic heterocycles. The van der Waals surface area contributed by atoms with E-state index in [4.69, 9.17) is 10.2 Å². The average molecular weight is 331 g/mol. The fraction of sp³-hybridized carbons (Fsp3) is 0.200. The van der Waals surface area contributed by atoms with Crippen LogP contribution in [-0.2, 0) is 0 Å². The Morgan fingerprint density at radius 1 is 1.16 bits per heavy atom. The third kappa shape index (κ3) is 2.02. The molecule has 0 unspecified atom stereocenters. The van der Waals surface area contributed by atoms with E-state index in [9.17, 15) is 4.79 Å². The van der Waals surface area contributed by atoms with Gasteiger partial charge in [-0.1, -0.05) is 18.2 Å². The molecule has 1 saturated carbocycles. The van der Waals surface area contributed by atoms with E-state index in [1.165, 1.54) is 6.39 Å². The maximum atomic E-state index is 13.0. The van der Waals surface area contributed by atoms with Crippen molar-refractivity contribution in [3.8, 4) is 11.1 Å². The van der Waals surface area contributed by atoms with Crippen LogP contribution in [0.3, 0.4) is 0 Å². The van der Waals surface area contributed by atoms with Crippen LogP contribution in [-0.4, -0.2) is 9.55 Å². The topological polar surface area (TPSA) is 74.1 Å². The lowest BCUT2D eigenvalue weighted by molar-refractivity contribution is 0.604. The van der Waals surface area contributed by atoms with Crippen molar-refractivity contribution in [2.75, 3.05) is 5.73 Å². The molecule has 0 atom stereocenters. The summed E-state index contributed by atoms with van der Waals surface area (Å²) in [6, 6.07) is 12.2. The molecular weight excluding hydrogens is 314 g/mol. The number of anilines is 1. The normalized spacial score (nSPS) is 14.4. The monoisotopic (exact) mass is 331 g/mol. The van der Waals surface area contributed by atoms with Gasteiger partial charge in [-0.05, 0) is 54.7 Å². The average Bonchev–Trinajstić information content (AvgIpc) is 3.32. The Kier molecular flexibility index (Phi) is 2.83. The van der Waals surface area contributed by atoms with Crippen molar-refractivity contribution in [1.29, 1.82) is 0 Å². The zero-order valence-corrected chi connectivity index (χ0v) is 13.8. The third-order valence-electron chi connectivity index (χ3n) is 5.04. The van der Waals surface area contributed by atoms with Crippen LogP contribution >= 0.6 is 0 Å². The smallest absolute Gasteiger partial charge is 0.281 e. The predicted octanol–water partition coefficient (Wildman–Crippen LogP) is 4.04. The number of aryl methyl sites for hydroxylation is 1. The minimum Gasteiger partial charge on any atom is -0.443 e. The lowest BCUT2D eigenvalue weighted by Crippen LogP contribution is -2.20. The molecule has 0 aliphatic heterocycles. The molecule has 5 nitrogen and oxygen atoms in total. The minimum absolute atomic E-state index is 0.0590. The van der Waals surface area contributed by atoms with Crippen LogP contribution in [0.5, 0.6) is 0 Å². The number of rotatable bonds is 2. The van der Waals surface area contributed by atoms with E-state index in [0.29, 0.717) is 11.1 Å². The van der Waals surface area contributed by atoms with Gasteiger partial charge in [-0.25, -0.2) is 4.98 Å². The molecule has 25 heavy (non-hydrogen) atoms. The second-order valence-electron chi connectivity index (χ2n) is 6.69. The fourth-order valence-corrected chi connectivity index (χ4v) is 3.66. The SMILES string of the molecule is Cc1c(-c2ccc(N)cc2)ccc2c3ocnc3c(=O)n(C3CC3)c12. The Balaban J connectivity index is 1.91. The molecule has 0 bridgehead atoms. The summed E-state index contributed by atoms with van der Waals surface area (Å²) in [7, 11) is 0. The van der Waals surface area contributed by atoms with Crippen LogP contribution in [0.2, 0.25) is 0 Å². The summed E-state index contributed by atoms with van der Waals surface area (Å²) in [6.45, 7) is 2.06. The third-order valence-corrected chi connectivity index (χ3v) is 5.04. The quantitative estimate of drug-likeness (QED) is 0.563. The van der Waals surface area contributed by atoms with Gasteiger partial charge in [0.15, 0.2) is 17.5 Å². The zero-order chi connectivity index (χ0) is 17.1. The first-order valence-corrected chi connectivity index (χ1v) is 8.42. The predicted molar refractivity (Wildman–Crippen MR) is 98.6 cm³/mol. The number of hydrogen-bond donors (Lipinski definition) is 1. The Morgan fingerprint density at radius 3 is 2.64 bits per heavy atom. The number of pyridine rings is 1. The molecule has 0 amide bonds. The molecule has 4 aromatic rings. The number of hydrogen-bond acceptors (Lipinski definition) is 4. The molecule has 2 N–H and O–H groups in total. The van der Waals surface area contributed by atoms with Crippen molar-refractivity contribution in [2.24, 2.45) is 0 Å². The van der Waals surface area contributed by atoms with Gasteiger partial charge in [0, 0.05) is 17.1 Å². The number of aromatic nitrogens is 2. The lowest BCUT2D eigenvalue weighted by Gasteiger charge is -2.15. The van der Waals surface area contributed by atoms with Crippen LogP contribution in [0.1, 0.15) is 24.4 Å². The van der Waals surface area contributed by atoms with Crippen LogP contribution in [0.15, 0.2) is 52.0 Å². The first kappa shape index (κ1) is 14.3.